The van der Waals surface area contributed by atoms with Crippen molar-refractivity contribution in [1.82, 2.24) is 9.88 Å². The molecule has 0 fully saturated rings. The summed E-state index contributed by atoms with van der Waals surface area (Å²) in [6.45, 7) is -0.512. The highest BCUT2D eigenvalue weighted by atomic mass is 35.5. The monoisotopic (exact) mass is 258 g/mol. The summed E-state index contributed by atoms with van der Waals surface area (Å²) >= 11 is 5.76. The van der Waals surface area contributed by atoms with Crippen LogP contribution < -0.4 is 4.74 Å². The molecule has 0 radical (unpaired) electrons. The van der Waals surface area contributed by atoms with E-state index in [9.17, 15) is 9.59 Å². The maximum Gasteiger partial charge on any atom is 0.341 e. The van der Waals surface area contributed by atoms with E-state index in [0.717, 1.165) is 0 Å². The lowest BCUT2D eigenvalue weighted by Gasteiger charge is -2.10. The fourth-order valence-corrected chi connectivity index (χ4v) is 1.23. The van der Waals surface area contributed by atoms with Crippen molar-refractivity contribution in [2.75, 3.05) is 20.7 Å². The number of carbonyl (C=O) groups is 2. The van der Waals surface area contributed by atoms with Crippen LogP contribution in [0.15, 0.2) is 12.1 Å². The van der Waals surface area contributed by atoms with Gasteiger partial charge in [-0.3, -0.25) is 4.79 Å². The maximum atomic E-state index is 11.5. The van der Waals surface area contributed by atoms with Crippen LogP contribution in [0.5, 0.6) is 5.75 Å². The Morgan fingerprint density at radius 1 is 1.47 bits per heavy atom. The van der Waals surface area contributed by atoms with Crippen LogP contribution in [0.2, 0.25) is 5.15 Å². The molecule has 17 heavy (non-hydrogen) atoms. The number of ether oxygens (including phenoxy) is 1. The van der Waals surface area contributed by atoms with E-state index >= 15 is 0 Å². The number of pyridine rings is 1. The lowest BCUT2D eigenvalue weighted by Crippen LogP contribution is -2.22. The summed E-state index contributed by atoms with van der Waals surface area (Å²) in [7, 11) is 3.18. The first-order chi connectivity index (χ1) is 7.91. The van der Waals surface area contributed by atoms with Crippen molar-refractivity contribution < 1.29 is 19.4 Å². The van der Waals surface area contributed by atoms with Crippen molar-refractivity contribution >= 4 is 23.5 Å². The Morgan fingerprint density at radius 2 is 2.12 bits per heavy atom. The molecule has 0 saturated heterocycles. The Hall–Kier alpha value is -1.82. The molecule has 0 aliphatic rings. The van der Waals surface area contributed by atoms with Crippen molar-refractivity contribution in [2.45, 2.75) is 0 Å². The number of hydrogen-bond acceptors (Lipinski definition) is 4. The van der Waals surface area contributed by atoms with Gasteiger partial charge in [0.1, 0.15) is 5.69 Å². The minimum absolute atomic E-state index is 0.0426. The van der Waals surface area contributed by atoms with Crippen LogP contribution in [0.1, 0.15) is 10.5 Å². The minimum atomic E-state index is -1.12. The molecule has 0 aromatic carbocycles. The molecule has 0 atom stereocenters. The third-order valence-electron chi connectivity index (χ3n) is 1.79. The second-order valence-corrected chi connectivity index (χ2v) is 3.73. The van der Waals surface area contributed by atoms with E-state index in [4.69, 9.17) is 21.4 Å². The highest BCUT2D eigenvalue weighted by Gasteiger charge is 2.13. The van der Waals surface area contributed by atoms with Gasteiger partial charge in [-0.2, -0.15) is 0 Å². The van der Waals surface area contributed by atoms with E-state index in [1.165, 1.54) is 17.0 Å². The average molecular weight is 259 g/mol. The number of carbonyl (C=O) groups excluding carboxylic acids is 1. The number of nitrogens with zero attached hydrogens (tertiary/aromatic N) is 2. The molecule has 1 rings (SSSR count). The van der Waals surface area contributed by atoms with Gasteiger partial charge in [0, 0.05) is 14.1 Å². The van der Waals surface area contributed by atoms with Gasteiger partial charge in [0.25, 0.3) is 5.91 Å². The third-order valence-corrected chi connectivity index (χ3v) is 2.06. The van der Waals surface area contributed by atoms with E-state index < -0.39 is 12.6 Å². The van der Waals surface area contributed by atoms with Crippen molar-refractivity contribution in [3.63, 3.8) is 0 Å². The molecule has 1 N–H and O–H groups in total. The van der Waals surface area contributed by atoms with Crippen molar-refractivity contribution in [3.8, 4) is 5.75 Å². The number of amides is 1. The molecule has 0 unspecified atom stereocenters. The number of halogens is 1. The standard InChI is InChI=1S/C10H11ClN2O4/c1-13(2)10(16)6-3-4-7(9(11)12-6)17-5-8(14)15/h3-4H,5H2,1-2H3,(H,14,15). The van der Waals surface area contributed by atoms with E-state index in [1.807, 2.05) is 0 Å². The number of aromatic nitrogens is 1. The van der Waals surface area contributed by atoms with Crippen LogP contribution in [0.4, 0.5) is 0 Å². The molecular formula is C10H11ClN2O4. The van der Waals surface area contributed by atoms with E-state index in [0.29, 0.717) is 0 Å². The van der Waals surface area contributed by atoms with Gasteiger partial charge in [-0.15, -0.1) is 0 Å². The molecule has 1 aromatic rings. The van der Waals surface area contributed by atoms with Crippen LogP contribution in [0.25, 0.3) is 0 Å². The molecule has 1 aromatic heterocycles. The number of carboxylic acids is 1. The topological polar surface area (TPSA) is 79.7 Å². The predicted molar refractivity (Wildman–Crippen MR) is 60.4 cm³/mol. The van der Waals surface area contributed by atoms with Crippen LogP contribution in [0.3, 0.4) is 0 Å². The largest absolute Gasteiger partial charge is 0.479 e. The molecule has 0 saturated carbocycles. The van der Waals surface area contributed by atoms with Crippen LogP contribution in [-0.4, -0.2) is 47.6 Å². The lowest BCUT2D eigenvalue weighted by atomic mass is 10.3. The van der Waals surface area contributed by atoms with Crippen LogP contribution in [-0.2, 0) is 4.79 Å². The fraction of sp³-hybridized carbons (Fsp3) is 0.300. The molecule has 7 heteroatoms. The number of carboxylic acid groups (broad SMARTS) is 1. The van der Waals surface area contributed by atoms with E-state index in [-0.39, 0.29) is 22.5 Å². The van der Waals surface area contributed by atoms with E-state index in [2.05, 4.69) is 4.98 Å². The summed E-state index contributed by atoms with van der Waals surface area (Å²) < 4.78 is 4.87. The molecule has 0 spiro atoms. The summed E-state index contributed by atoms with van der Waals surface area (Å²) in [6, 6.07) is 2.83. The summed E-state index contributed by atoms with van der Waals surface area (Å²) in [5.41, 5.74) is 0.169. The molecule has 1 amide bonds. The van der Waals surface area contributed by atoms with Crippen LogP contribution in [0, 0.1) is 0 Å². The Morgan fingerprint density at radius 3 is 2.59 bits per heavy atom. The average Bonchev–Trinajstić information content (AvgIpc) is 2.26. The zero-order valence-electron chi connectivity index (χ0n) is 9.31. The first-order valence-electron chi connectivity index (χ1n) is 4.64. The zero-order chi connectivity index (χ0) is 13.0. The maximum absolute atomic E-state index is 11.5. The molecule has 6 nitrogen and oxygen atoms in total. The highest BCUT2D eigenvalue weighted by molar-refractivity contribution is 6.31. The van der Waals surface area contributed by atoms with Gasteiger partial charge >= 0.3 is 5.97 Å². The van der Waals surface area contributed by atoms with Crippen molar-refractivity contribution in [2.24, 2.45) is 0 Å². The zero-order valence-corrected chi connectivity index (χ0v) is 10.1. The van der Waals surface area contributed by atoms with Gasteiger partial charge in [0.15, 0.2) is 17.5 Å². The van der Waals surface area contributed by atoms with Gasteiger partial charge in [0.2, 0.25) is 0 Å². The SMILES string of the molecule is CN(C)C(=O)c1ccc(OCC(=O)O)c(Cl)n1. The summed E-state index contributed by atoms with van der Waals surface area (Å²) in [6.07, 6.45) is 0. The predicted octanol–water partition coefficient (Wildman–Crippen LogP) is 0.900. The molecule has 92 valence electrons. The van der Waals surface area contributed by atoms with Crippen molar-refractivity contribution in [1.29, 1.82) is 0 Å². The summed E-state index contributed by atoms with van der Waals surface area (Å²) in [4.78, 5) is 27.0. The molecule has 0 bridgehead atoms. The fourth-order valence-electron chi connectivity index (χ4n) is 1.02. The smallest absolute Gasteiger partial charge is 0.341 e. The van der Waals surface area contributed by atoms with Gasteiger partial charge < -0.3 is 14.7 Å². The molecule has 0 aliphatic heterocycles. The second kappa shape index (κ2) is 5.49. The first-order valence-corrected chi connectivity index (χ1v) is 5.02. The Balaban J connectivity index is 2.86. The number of hydrogen-bond donors (Lipinski definition) is 1. The van der Waals surface area contributed by atoms with Gasteiger partial charge in [-0.05, 0) is 12.1 Å². The molecule has 1 heterocycles. The van der Waals surface area contributed by atoms with Gasteiger partial charge in [-0.1, -0.05) is 11.6 Å². The minimum Gasteiger partial charge on any atom is -0.479 e. The Labute approximate surface area is 103 Å². The molecular weight excluding hydrogens is 248 g/mol. The quantitative estimate of drug-likeness (QED) is 0.812. The summed E-state index contributed by atoms with van der Waals surface area (Å²) in [5, 5.41) is 8.39. The summed E-state index contributed by atoms with van der Waals surface area (Å²) in [5.74, 6) is -1.28. The van der Waals surface area contributed by atoms with Gasteiger partial charge in [0.05, 0.1) is 0 Å². The number of rotatable bonds is 4. The molecule has 0 aliphatic carbocycles. The third kappa shape index (κ3) is 3.60. The Kier molecular flexibility index (Phi) is 4.28. The second-order valence-electron chi connectivity index (χ2n) is 3.37. The van der Waals surface area contributed by atoms with Crippen LogP contribution >= 0.6 is 11.6 Å². The van der Waals surface area contributed by atoms with Crippen molar-refractivity contribution in [3.05, 3.63) is 23.0 Å². The normalized spacial score (nSPS) is 9.82. The highest BCUT2D eigenvalue weighted by Crippen LogP contribution is 2.22. The van der Waals surface area contributed by atoms with Gasteiger partial charge in [-0.25, -0.2) is 9.78 Å². The van der Waals surface area contributed by atoms with E-state index in [1.54, 1.807) is 14.1 Å². The number of aliphatic carboxylic acids is 1. The Bertz CT molecular complexity index is 448. The lowest BCUT2D eigenvalue weighted by molar-refractivity contribution is -0.139. The first kappa shape index (κ1) is 13.2.